The van der Waals surface area contributed by atoms with E-state index in [0.29, 0.717) is 22.5 Å². The van der Waals surface area contributed by atoms with Crippen LogP contribution in [0.4, 0.5) is 0 Å². The molecule has 6 heteroatoms. The number of hydrogen-bond donors (Lipinski definition) is 0. The molecule has 0 saturated carbocycles. The number of benzene rings is 1. The molecule has 1 aromatic heterocycles. The van der Waals surface area contributed by atoms with Crippen LogP contribution < -0.4 is 9.47 Å². The van der Waals surface area contributed by atoms with E-state index in [9.17, 15) is 0 Å². The van der Waals surface area contributed by atoms with Gasteiger partial charge in [0.15, 0.2) is 0 Å². The first-order valence-electron chi connectivity index (χ1n) is 7.30. The molecule has 22 heavy (non-hydrogen) atoms. The van der Waals surface area contributed by atoms with Gasteiger partial charge in [0.1, 0.15) is 5.75 Å². The third kappa shape index (κ3) is 3.48. The van der Waals surface area contributed by atoms with Crippen molar-refractivity contribution in [3.05, 3.63) is 41.2 Å². The molecule has 0 amide bonds. The smallest absolute Gasteiger partial charge is 0.283 e. The van der Waals surface area contributed by atoms with E-state index in [1.54, 1.807) is 12.4 Å². The summed E-state index contributed by atoms with van der Waals surface area (Å²) in [5, 5.41) is 0.560. The zero-order chi connectivity index (χ0) is 15.4. The Bertz CT molecular complexity index is 645. The molecule has 5 nitrogen and oxygen atoms in total. The Labute approximate surface area is 134 Å². The molecule has 1 aliphatic rings. The number of hydrogen-bond acceptors (Lipinski definition) is 5. The van der Waals surface area contributed by atoms with E-state index in [4.69, 9.17) is 21.1 Å². The summed E-state index contributed by atoms with van der Waals surface area (Å²) < 4.78 is 10.8. The maximum atomic E-state index is 6.33. The lowest BCUT2D eigenvalue weighted by atomic mass is 10.2. The normalized spacial score (nSPS) is 15.0. The minimum Gasteiger partial charge on any atom is -0.477 e. The molecule has 0 spiro atoms. The lowest BCUT2D eigenvalue weighted by Gasteiger charge is -2.15. The largest absolute Gasteiger partial charge is 0.477 e. The Kier molecular flexibility index (Phi) is 4.75. The van der Waals surface area contributed by atoms with Crippen molar-refractivity contribution in [3.8, 4) is 17.5 Å². The zero-order valence-corrected chi connectivity index (χ0v) is 13.2. The van der Waals surface area contributed by atoms with Gasteiger partial charge >= 0.3 is 0 Å². The van der Waals surface area contributed by atoms with Crippen LogP contribution in [0.1, 0.15) is 18.4 Å². The van der Waals surface area contributed by atoms with Crippen LogP contribution in [0.25, 0.3) is 0 Å². The van der Waals surface area contributed by atoms with Gasteiger partial charge in [0.05, 0.1) is 12.1 Å². The number of aromatic nitrogens is 2. The van der Waals surface area contributed by atoms with Gasteiger partial charge in [0.25, 0.3) is 11.8 Å². The van der Waals surface area contributed by atoms with Gasteiger partial charge in [-0.1, -0.05) is 17.7 Å². The van der Waals surface area contributed by atoms with Crippen LogP contribution in [0, 0.1) is 0 Å². The topological polar surface area (TPSA) is 47.5 Å². The predicted molar refractivity (Wildman–Crippen MR) is 84.6 cm³/mol. The van der Waals surface area contributed by atoms with Crippen molar-refractivity contribution in [1.82, 2.24) is 14.9 Å². The zero-order valence-electron chi connectivity index (χ0n) is 12.5. The minimum absolute atomic E-state index is 0.305. The number of nitrogens with zero attached hydrogens (tertiary/aromatic N) is 3. The van der Waals surface area contributed by atoms with E-state index < -0.39 is 0 Å². The fraction of sp³-hybridized carbons (Fsp3) is 0.375. The van der Waals surface area contributed by atoms with Crippen molar-refractivity contribution in [1.29, 1.82) is 0 Å². The molecule has 0 N–H and O–H groups in total. The van der Waals surface area contributed by atoms with Crippen molar-refractivity contribution in [2.24, 2.45) is 0 Å². The monoisotopic (exact) mass is 319 g/mol. The Morgan fingerprint density at radius 2 is 1.86 bits per heavy atom. The molecule has 0 unspecified atom stereocenters. The molecule has 1 saturated heterocycles. The highest BCUT2D eigenvalue weighted by molar-refractivity contribution is 6.32. The molecule has 2 aromatic rings. The second-order valence-electron chi connectivity index (χ2n) is 5.22. The van der Waals surface area contributed by atoms with Gasteiger partial charge in [0.2, 0.25) is 0 Å². The average molecular weight is 320 g/mol. The van der Waals surface area contributed by atoms with Gasteiger partial charge in [-0.2, -0.15) is 0 Å². The van der Waals surface area contributed by atoms with E-state index in [2.05, 4.69) is 14.9 Å². The molecule has 116 valence electrons. The first kappa shape index (κ1) is 15.1. The van der Waals surface area contributed by atoms with Crippen LogP contribution in [-0.4, -0.2) is 35.1 Å². The second kappa shape index (κ2) is 6.94. The van der Waals surface area contributed by atoms with Crippen LogP contribution in [0.5, 0.6) is 17.5 Å². The van der Waals surface area contributed by atoms with Crippen molar-refractivity contribution < 1.29 is 9.47 Å². The molecule has 1 fully saturated rings. The van der Waals surface area contributed by atoms with Gasteiger partial charge in [-0.3, -0.25) is 4.90 Å². The molecular weight excluding hydrogens is 302 g/mol. The number of halogens is 1. The van der Waals surface area contributed by atoms with Crippen molar-refractivity contribution in [2.45, 2.75) is 19.4 Å². The Hall–Kier alpha value is -1.85. The summed E-state index contributed by atoms with van der Waals surface area (Å²) in [6.45, 7) is 3.24. The van der Waals surface area contributed by atoms with Crippen LogP contribution >= 0.6 is 11.6 Å². The molecule has 0 radical (unpaired) electrons. The van der Waals surface area contributed by atoms with Gasteiger partial charge in [-0.15, -0.1) is 0 Å². The molecule has 0 bridgehead atoms. The maximum absolute atomic E-state index is 6.33. The minimum atomic E-state index is 0.305. The van der Waals surface area contributed by atoms with E-state index in [-0.39, 0.29) is 0 Å². The second-order valence-corrected chi connectivity index (χ2v) is 5.63. The summed E-state index contributed by atoms with van der Waals surface area (Å²) in [6, 6.07) is 5.84. The molecular formula is C16H18ClN3O2. The number of likely N-dealkylation sites (tertiary alicyclic amines) is 1. The van der Waals surface area contributed by atoms with Crippen LogP contribution in [0.15, 0.2) is 30.6 Å². The lowest BCUT2D eigenvalue weighted by molar-refractivity contribution is 0.331. The van der Waals surface area contributed by atoms with Gasteiger partial charge < -0.3 is 9.47 Å². The highest BCUT2D eigenvalue weighted by Gasteiger charge is 2.14. The van der Waals surface area contributed by atoms with Gasteiger partial charge in [0, 0.05) is 18.9 Å². The molecule has 2 heterocycles. The Morgan fingerprint density at radius 1 is 1.14 bits per heavy atom. The first-order chi connectivity index (χ1) is 10.8. The number of ether oxygens (including phenoxy) is 2. The third-order valence-corrected chi connectivity index (χ3v) is 3.93. The Morgan fingerprint density at radius 3 is 2.55 bits per heavy atom. The summed E-state index contributed by atoms with van der Waals surface area (Å²) in [5.74, 6) is 1.18. The molecule has 0 atom stereocenters. The maximum Gasteiger partial charge on any atom is 0.283 e. The van der Waals surface area contributed by atoms with Gasteiger partial charge in [-0.25, -0.2) is 9.97 Å². The van der Waals surface area contributed by atoms with Crippen molar-refractivity contribution >= 4 is 11.6 Å². The molecule has 1 aromatic carbocycles. The van der Waals surface area contributed by atoms with E-state index in [1.807, 2.05) is 18.2 Å². The van der Waals surface area contributed by atoms with Crippen LogP contribution in [0.3, 0.4) is 0 Å². The number of rotatable bonds is 5. The highest BCUT2D eigenvalue weighted by Crippen LogP contribution is 2.32. The first-order valence-corrected chi connectivity index (χ1v) is 7.67. The van der Waals surface area contributed by atoms with Gasteiger partial charge in [-0.05, 0) is 43.6 Å². The average Bonchev–Trinajstić information content (AvgIpc) is 3.03. The van der Waals surface area contributed by atoms with Crippen molar-refractivity contribution in [3.63, 3.8) is 0 Å². The molecule has 0 aliphatic carbocycles. The summed E-state index contributed by atoms with van der Waals surface area (Å²) in [7, 11) is 1.53. The van der Waals surface area contributed by atoms with E-state index in [1.165, 1.54) is 25.5 Å². The standard InChI is InChI=1S/C16H18ClN3O2/c1-21-15-16(19-7-6-18-15)22-14-5-4-12(10-13(14)17)11-20-8-2-3-9-20/h4-7,10H,2-3,8-9,11H2,1H3. The van der Waals surface area contributed by atoms with Crippen LogP contribution in [-0.2, 0) is 6.54 Å². The van der Waals surface area contributed by atoms with Crippen LogP contribution in [0.2, 0.25) is 5.02 Å². The lowest BCUT2D eigenvalue weighted by Crippen LogP contribution is -2.18. The summed E-state index contributed by atoms with van der Waals surface area (Å²) in [4.78, 5) is 10.6. The molecule has 1 aliphatic heterocycles. The summed E-state index contributed by atoms with van der Waals surface area (Å²) >= 11 is 6.33. The quantitative estimate of drug-likeness (QED) is 0.843. The third-order valence-electron chi connectivity index (χ3n) is 3.63. The highest BCUT2D eigenvalue weighted by atomic mass is 35.5. The molecule has 3 rings (SSSR count). The summed E-state index contributed by atoms with van der Waals surface area (Å²) in [6.07, 6.45) is 5.66. The van der Waals surface area contributed by atoms with E-state index >= 15 is 0 Å². The fourth-order valence-electron chi connectivity index (χ4n) is 2.55. The number of methoxy groups -OCH3 is 1. The fourth-order valence-corrected chi connectivity index (χ4v) is 2.79. The predicted octanol–water partition coefficient (Wildman–Crippen LogP) is 3.53. The van der Waals surface area contributed by atoms with E-state index in [0.717, 1.165) is 19.6 Å². The van der Waals surface area contributed by atoms with Crippen molar-refractivity contribution in [2.75, 3.05) is 20.2 Å². The Balaban J connectivity index is 1.74. The SMILES string of the molecule is COc1nccnc1Oc1ccc(CN2CCCC2)cc1Cl. The summed E-state index contributed by atoms with van der Waals surface area (Å²) in [5.41, 5.74) is 1.19.